The molecular weight excluding hydrogens is 369 g/mol. The highest BCUT2D eigenvalue weighted by Crippen LogP contribution is 2.55. The maximum atomic E-state index is 12.9. The van der Waals surface area contributed by atoms with Crippen molar-refractivity contribution in [1.29, 1.82) is 0 Å². The lowest BCUT2D eigenvalue weighted by Gasteiger charge is -2.50. The Morgan fingerprint density at radius 1 is 0.862 bits per heavy atom. The summed E-state index contributed by atoms with van der Waals surface area (Å²) in [6, 6.07) is 6.00. The summed E-state index contributed by atoms with van der Waals surface area (Å²) in [7, 11) is 0. The third-order valence-corrected chi connectivity index (χ3v) is 8.15. The molecule has 0 nitrogen and oxygen atoms in total. The van der Waals surface area contributed by atoms with Crippen molar-refractivity contribution < 1.29 is 13.2 Å². The Labute approximate surface area is 174 Å². The van der Waals surface area contributed by atoms with Crippen molar-refractivity contribution in [3.63, 3.8) is 0 Å². The molecule has 0 aromatic heterocycles. The summed E-state index contributed by atoms with van der Waals surface area (Å²) >= 11 is 0. The van der Waals surface area contributed by atoms with Crippen molar-refractivity contribution in [1.82, 2.24) is 0 Å². The van der Waals surface area contributed by atoms with Crippen LogP contribution in [0.5, 0.6) is 0 Å². The third-order valence-electron chi connectivity index (χ3n) is 8.15. The van der Waals surface area contributed by atoms with Crippen LogP contribution >= 0.6 is 0 Å². The average Bonchev–Trinajstić information content (AvgIpc) is 2.73. The molecular formula is C26H35F3. The highest BCUT2D eigenvalue weighted by Gasteiger charge is 2.44. The van der Waals surface area contributed by atoms with Gasteiger partial charge in [-0.15, -0.1) is 0 Å². The Morgan fingerprint density at radius 3 is 2.17 bits per heavy atom. The van der Waals surface area contributed by atoms with Gasteiger partial charge in [0, 0.05) is 0 Å². The molecule has 0 bridgehead atoms. The maximum absolute atomic E-state index is 12.9. The van der Waals surface area contributed by atoms with Crippen molar-refractivity contribution in [3.8, 4) is 0 Å². The van der Waals surface area contributed by atoms with Gasteiger partial charge in [-0.2, -0.15) is 13.2 Å². The first kappa shape index (κ1) is 21.0. The molecule has 0 radical (unpaired) electrons. The zero-order chi connectivity index (χ0) is 20.4. The summed E-state index contributed by atoms with van der Waals surface area (Å²) in [5.41, 5.74) is 0.587. The molecule has 3 fully saturated rings. The second-order valence-electron chi connectivity index (χ2n) is 9.84. The SMILES string of the molecule is CCCC=CC1CCC2C(CCC3CC(c4ccc(C(F)(F)F)cc4)CCC32)C1. The fraction of sp³-hybridized carbons (Fsp3) is 0.692. The monoisotopic (exact) mass is 404 g/mol. The molecule has 3 saturated carbocycles. The first-order valence-corrected chi connectivity index (χ1v) is 11.8. The Morgan fingerprint density at radius 2 is 1.52 bits per heavy atom. The Balaban J connectivity index is 1.36. The number of rotatable bonds is 4. The molecule has 3 heteroatoms. The number of hydrogen-bond acceptors (Lipinski definition) is 0. The van der Waals surface area contributed by atoms with Gasteiger partial charge in [-0.05, 0) is 111 Å². The predicted octanol–water partition coefficient (Wildman–Crippen LogP) is 8.39. The molecule has 6 unspecified atom stereocenters. The van der Waals surface area contributed by atoms with Crippen molar-refractivity contribution in [2.45, 2.75) is 83.2 Å². The van der Waals surface area contributed by atoms with Crippen molar-refractivity contribution in [3.05, 3.63) is 47.5 Å². The van der Waals surface area contributed by atoms with E-state index in [4.69, 9.17) is 0 Å². The molecule has 6 atom stereocenters. The lowest BCUT2D eigenvalue weighted by molar-refractivity contribution is -0.137. The number of halogens is 3. The lowest BCUT2D eigenvalue weighted by Crippen LogP contribution is -2.41. The summed E-state index contributed by atoms with van der Waals surface area (Å²) in [6.45, 7) is 2.24. The highest BCUT2D eigenvalue weighted by molar-refractivity contribution is 5.27. The van der Waals surface area contributed by atoms with Crippen molar-refractivity contribution in [2.75, 3.05) is 0 Å². The minimum atomic E-state index is -4.24. The first-order chi connectivity index (χ1) is 14.0. The largest absolute Gasteiger partial charge is 0.416 e. The molecule has 0 spiro atoms. The van der Waals surface area contributed by atoms with E-state index in [0.717, 1.165) is 41.6 Å². The van der Waals surface area contributed by atoms with Gasteiger partial charge in [-0.3, -0.25) is 0 Å². The van der Waals surface area contributed by atoms with Crippen molar-refractivity contribution in [2.24, 2.45) is 29.6 Å². The Hall–Kier alpha value is -1.25. The molecule has 0 saturated heterocycles. The van der Waals surface area contributed by atoms with Gasteiger partial charge in [-0.1, -0.05) is 37.6 Å². The van der Waals surface area contributed by atoms with E-state index >= 15 is 0 Å². The van der Waals surface area contributed by atoms with E-state index in [-0.39, 0.29) is 0 Å². The summed E-state index contributed by atoms with van der Waals surface area (Å²) in [5.74, 6) is 4.69. The van der Waals surface area contributed by atoms with E-state index in [0.29, 0.717) is 5.92 Å². The fourth-order valence-corrected chi connectivity index (χ4v) is 6.71. The molecule has 3 aliphatic rings. The molecule has 4 rings (SSSR count). The molecule has 1 aromatic carbocycles. The van der Waals surface area contributed by atoms with Crippen molar-refractivity contribution >= 4 is 0 Å². The van der Waals surface area contributed by atoms with Gasteiger partial charge in [0.25, 0.3) is 0 Å². The van der Waals surface area contributed by atoms with Crippen LogP contribution in [-0.4, -0.2) is 0 Å². The number of allylic oxidation sites excluding steroid dienone is 2. The first-order valence-electron chi connectivity index (χ1n) is 11.8. The van der Waals surface area contributed by atoms with Crippen LogP contribution in [0.2, 0.25) is 0 Å². The summed E-state index contributed by atoms with van der Waals surface area (Å²) in [6.07, 6.45) is 13.5. The summed E-state index contributed by atoms with van der Waals surface area (Å²) in [4.78, 5) is 0. The number of alkyl halides is 3. The normalized spacial score (nSPS) is 35.3. The van der Waals surface area contributed by atoms with E-state index in [1.807, 2.05) is 0 Å². The topological polar surface area (TPSA) is 0 Å². The van der Waals surface area contributed by atoms with Crippen LogP contribution < -0.4 is 0 Å². The number of unbranched alkanes of at least 4 members (excludes halogenated alkanes) is 1. The van der Waals surface area contributed by atoms with Crippen LogP contribution in [0.15, 0.2) is 36.4 Å². The lowest BCUT2D eigenvalue weighted by atomic mass is 9.55. The molecule has 0 heterocycles. The maximum Gasteiger partial charge on any atom is 0.416 e. The minimum absolute atomic E-state index is 0.448. The quantitative estimate of drug-likeness (QED) is 0.442. The molecule has 3 aliphatic carbocycles. The van der Waals surface area contributed by atoms with Gasteiger partial charge in [0.2, 0.25) is 0 Å². The fourth-order valence-electron chi connectivity index (χ4n) is 6.71. The Bertz CT molecular complexity index is 687. The summed E-state index contributed by atoms with van der Waals surface area (Å²) < 4.78 is 38.6. The van der Waals surface area contributed by atoms with Crippen LogP contribution in [0, 0.1) is 29.6 Å². The third kappa shape index (κ3) is 4.75. The molecule has 0 aliphatic heterocycles. The number of benzene rings is 1. The number of fused-ring (bicyclic) bond motifs is 3. The highest BCUT2D eigenvalue weighted by atomic mass is 19.4. The van der Waals surface area contributed by atoms with Crippen LogP contribution in [0.1, 0.15) is 88.2 Å². The van der Waals surface area contributed by atoms with Gasteiger partial charge >= 0.3 is 6.18 Å². The predicted molar refractivity (Wildman–Crippen MR) is 113 cm³/mol. The van der Waals surface area contributed by atoms with E-state index < -0.39 is 11.7 Å². The molecule has 0 N–H and O–H groups in total. The van der Waals surface area contributed by atoms with Gasteiger partial charge in [-0.25, -0.2) is 0 Å². The number of hydrogen-bond donors (Lipinski definition) is 0. The average molecular weight is 405 g/mol. The van der Waals surface area contributed by atoms with E-state index in [1.54, 1.807) is 12.1 Å². The molecule has 29 heavy (non-hydrogen) atoms. The van der Waals surface area contributed by atoms with Crippen LogP contribution in [0.3, 0.4) is 0 Å². The van der Waals surface area contributed by atoms with Gasteiger partial charge < -0.3 is 0 Å². The van der Waals surface area contributed by atoms with Crippen LogP contribution in [-0.2, 0) is 6.18 Å². The zero-order valence-electron chi connectivity index (χ0n) is 17.6. The second kappa shape index (κ2) is 8.86. The Kier molecular flexibility index (Phi) is 6.41. The minimum Gasteiger partial charge on any atom is -0.166 e. The van der Waals surface area contributed by atoms with E-state index in [1.165, 1.54) is 69.9 Å². The second-order valence-corrected chi connectivity index (χ2v) is 9.84. The van der Waals surface area contributed by atoms with Gasteiger partial charge in [0.05, 0.1) is 5.56 Å². The van der Waals surface area contributed by atoms with Crippen LogP contribution in [0.25, 0.3) is 0 Å². The van der Waals surface area contributed by atoms with Crippen LogP contribution in [0.4, 0.5) is 13.2 Å². The summed E-state index contributed by atoms with van der Waals surface area (Å²) in [5, 5.41) is 0. The van der Waals surface area contributed by atoms with Gasteiger partial charge in [0.1, 0.15) is 0 Å². The van der Waals surface area contributed by atoms with E-state index in [2.05, 4.69) is 19.1 Å². The van der Waals surface area contributed by atoms with E-state index in [9.17, 15) is 13.2 Å². The van der Waals surface area contributed by atoms with Gasteiger partial charge in [0.15, 0.2) is 0 Å². The smallest absolute Gasteiger partial charge is 0.166 e. The zero-order valence-corrected chi connectivity index (χ0v) is 17.6. The molecule has 0 amide bonds. The molecule has 160 valence electrons. The molecule has 1 aromatic rings. The standard InChI is InChI=1S/C26H35F3/c1-2-3-4-5-18-6-14-24-21(16-18)7-8-22-17-20(11-15-25(22)24)19-9-12-23(13-10-19)26(27,28)29/h4-5,9-10,12-13,18,20-22,24-25H,2-3,6-8,11,14-17H2,1H3.